The first-order valence-electron chi connectivity index (χ1n) is 5.73. The third-order valence-corrected chi connectivity index (χ3v) is 2.80. The van der Waals surface area contributed by atoms with E-state index in [2.05, 4.69) is 10.3 Å². The first-order chi connectivity index (χ1) is 8.31. The molecule has 1 saturated heterocycles. The molecule has 0 aromatic carbocycles. The molecule has 1 unspecified atom stereocenters. The average Bonchev–Trinajstić information content (AvgIpc) is 2.35. The van der Waals surface area contributed by atoms with Gasteiger partial charge in [-0.2, -0.15) is 0 Å². The number of likely N-dealkylation sites (N-methyl/N-ethyl adjacent to an activating group) is 1. The van der Waals surface area contributed by atoms with Gasteiger partial charge in [0.05, 0.1) is 24.9 Å². The molecule has 1 aliphatic heterocycles. The van der Waals surface area contributed by atoms with Crippen LogP contribution in [-0.4, -0.2) is 48.6 Å². The fourth-order valence-corrected chi connectivity index (χ4v) is 1.95. The Morgan fingerprint density at radius 1 is 1.59 bits per heavy atom. The Hall–Kier alpha value is -1.46. The van der Waals surface area contributed by atoms with Gasteiger partial charge in [-0.1, -0.05) is 6.07 Å². The van der Waals surface area contributed by atoms with Crippen LogP contribution in [0.1, 0.15) is 5.69 Å². The van der Waals surface area contributed by atoms with Crippen LogP contribution in [0.25, 0.3) is 0 Å². The maximum atomic E-state index is 11.8. The van der Waals surface area contributed by atoms with Crippen molar-refractivity contribution in [1.82, 2.24) is 15.2 Å². The Balaban J connectivity index is 2.07. The van der Waals surface area contributed by atoms with Gasteiger partial charge < -0.3 is 15.0 Å². The number of nitrogens with one attached hydrogen (secondary N) is 1. The minimum Gasteiger partial charge on any atom is -0.369 e. The monoisotopic (exact) mass is 235 g/mol. The largest absolute Gasteiger partial charge is 0.369 e. The molecule has 1 aromatic rings. The van der Waals surface area contributed by atoms with Crippen molar-refractivity contribution in [3.8, 4) is 0 Å². The van der Waals surface area contributed by atoms with E-state index < -0.39 is 0 Å². The lowest BCUT2D eigenvalue weighted by Crippen LogP contribution is -2.52. The van der Waals surface area contributed by atoms with Crippen molar-refractivity contribution in [2.75, 3.05) is 26.8 Å². The molecule has 1 aliphatic rings. The molecular formula is C12H17N3O2. The number of carbonyl (C=O) groups excluding carboxylic acids is 1. The molecule has 1 atom stereocenters. The molecule has 5 nitrogen and oxygen atoms in total. The smallest absolute Gasteiger partial charge is 0.249 e. The molecule has 0 bridgehead atoms. The van der Waals surface area contributed by atoms with E-state index in [-0.39, 0.29) is 18.6 Å². The summed E-state index contributed by atoms with van der Waals surface area (Å²) in [4.78, 5) is 17.9. The van der Waals surface area contributed by atoms with Gasteiger partial charge >= 0.3 is 0 Å². The van der Waals surface area contributed by atoms with Gasteiger partial charge in [-0.05, 0) is 19.2 Å². The van der Waals surface area contributed by atoms with E-state index in [1.165, 1.54) is 0 Å². The van der Waals surface area contributed by atoms with Gasteiger partial charge in [-0.25, -0.2) is 0 Å². The van der Waals surface area contributed by atoms with Gasteiger partial charge in [-0.3, -0.25) is 9.78 Å². The van der Waals surface area contributed by atoms with E-state index in [4.69, 9.17) is 4.74 Å². The lowest BCUT2D eigenvalue weighted by atomic mass is 10.2. The van der Waals surface area contributed by atoms with Crippen LogP contribution in [0.3, 0.4) is 0 Å². The van der Waals surface area contributed by atoms with Crippen molar-refractivity contribution in [2.45, 2.75) is 12.6 Å². The second-order valence-corrected chi connectivity index (χ2v) is 4.07. The highest BCUT2D eigenvalue weighted by molar-refractivity contribution is 5.78. The highest BCUT2D eigenvalue weighted by atomic mass is 16.5. The molecule has 92 valence electrons. The number of carbonyl (C=O) groups is 1. The third kappa shape index (κ3) is 3.01. The molecule has 0 aliphatic carbocycles. The van der Waals surface area contributed by atoms with Gasteiger partial charge in [0, 0.05) is 12.7 Å². The second kappa shape index (κ2) is 5.75. The van der Waals surface area contributed by atoms with Crippen LogP contribution in [0.4, 0.5) is 0 Å². The molecule has 1 amide bonds. The van der Waals surface area contributed by atoms with Crippen LogP contribution in [0.5, 0.6) is 0 Å². The summed E-state index contributed by atoms with van der Waals surface area (Å²) in [6, 6.07) is 5.82. The van der Waals surface area contributed by atoms with Crippen molar-refractivity contribution in [2.24, 2.45) is 0 Å². The summed E-state index contributed by atoms with van der Waals surface area (Å²) in [5.74, 6) is 0.0298. The number of nitrogens with zero attached hydrogens (tertiary/aromatic N) is 2. The average molecular weight is 235 g/mol. The molecule has 5 heteroatoms. The first kappa shape index (κ1) is 12.0. The van der Waals surface area contributed by atoms with Gasteiger partial charge in [0.15, 0.2) is 0 Å². The van der Waals surface area contributed by atoms with Crippen molar-refractivity contribution in [1.29, 1.82) is 0 Å². The molecular weight excluding hydrogens is 218 g/mol. The van der Waals surface area contributed by atoms with E-state index >= 15 is 0 Å². The molecule has 1 fully saturated rings. The van der Waals surface area contributed by atoms with Crippen molar-refractivity contribution in [3.05, 3.63) is 30.1 Å². The summed E-state index contributed by atoms with van der Waals surface area (Å²) in [7, 11) is 1.87. The number of rotatable bonds is 4. The molecule has 2 heterocycles. The van der Waals surface area contributed by atoms with E-state index in [1.54, 1.807) is 6.20 Å². The zero-order valence-electron chi connectivity index (χ0n) is 9.93. The number of pyridine rings is 1. The van der Waals surface area contributed by atoms with Gasteiger partial charge in [0.25, 0.3) is 0 Å². The molecule has 1 N–H and O–H groups in total. The lowest BCUT2D eigenvalue weighted by Gasteiger charge is -2.35. The number of morpholine rings is 1. The fraction of sp³-hybridized carbons (Fsp3) is 0.500. The summed E-state index contributed by atoms with van der Waals surface area (Å²) < 4.78 is 5.26. The van der Waals surface area contributed by atoms with E-state index in [9.17, 15) is 4.79 Å². The number of ether oxygens (including phenoxy) is 1. The second-order valence-electron chi connectivity index (χ2n) is 4.07. The van der Waals surface area contributed by atoms with Crippen molar-refractivity contribution >= 4 is 5.91 Å². The van der Waals surface area contributed by atoms with Crippen LogP contribution in [0, 0.1) is 0 Å². The minimum atomic E-state index is 0.0298. The van der Waals surface area contributed by atoms with Crippen molar-refractivity contribution in [3.63, 3.8) is 0 Å². The van der Waals surface area contributed by atoms with Crippen LogP contribution in [0.15, 0.2) is 24.4 Å². The SMILES string of the molecule is CNCC1COCC(=O)N1Cc1ccccn1. The fourth-order valence-electron chi connectivity index (χ4n) is 1.95. The first-order valence-corrected chi connectivity index (χ1v) is 5.73. The minimum absolute atomic E-state index is 0.0298. The van der Waals surface area contributed by atoms with Gasteiger partial charge in [-0.15, -0.1) is 0 Å². The quantitative estimate of drug-likeness (QED) is 0.800. The zero-order valence-corrected chi connectivity index (χ0v) is 9.93. The summed E-state index contributed by atoms with van der Waals surface area (Å²) in [6.45, 7) is 2.04. The Kier molecular flexibility index (Phi) is 4.06. The summed E-state index contributed by atoms with van der Waals surface area (Å²) in [5, 5.41) is 3.08. The Morgan fingerprint density at radius 3 is 3.18 bits per heavy atom. The highest BCUT2D eigenvalue weighted by Crippen LogP contribution is 2.11. The van der Waals surface area contributed by atoms with Crippen LogP contribution >= 0.6 is 0 Å². The number of amides is 1. The molecule has 17 heavy (non-hydrogen) atoms. The molecule has 0 radical (unpaired) electrons. The molecule has 2 rings (SSSR count). The highest BCUT2D eigenvalue weighted by Gasteiger charge is 2.28. The standard InChI is InChI=1S/C12H17N3O2/c1-13-6-11-8-17-9-12(16)15(11)7-10-4-2-3-5-14-10/h2-5,11,13H,6-9H2,1H3. The summed E-state index contributed by atoms with van der Waals surface area (Å²) in [5.41, 5.74) is 0.906. The predicted molar refractivity (Wildman–Crippen MR) is 63.3 cm³/mol. The van der Waals surface area contributed by atoms with Crippen LogP contribution in [-0.2, 0) is 16.1 Å². The molecule has 0 spiro atoms. The zero-order chi connectivity index (χ0) is 12.1. The Bertz CT molecular complexity index is 367. The van der Waals surface area contributed by atoms with Crippen LogP contribution < -0.4 is 5.32 Å². The summed E-state index contributed by atoms with van der Waals surface area (Å²) >= 11 is 0. The topological polar surface area (TPSA) is 54.5 Å². The number of hydrogen-bond acceptors (Lipinski definition) is 4. The maximum absolute atomic E-state index is 11.8. The van der Waals surface area contributed by atoms with Crippen molar-refractivity contribution < 1.29 is 9.53 Å². The third-order valence-electron chi connectivity index (χ3n) is 2.80. The van der Waals surface area contributed by atoms with Gasteiger partial charge in [0.2, 0.25) is 5.91 Å². The number of aromatic nitrogens is 1. The lowest BCUT2D eigenvalue weighted by molar-refractivity contribution is -0.148. The molecule has 0 saturated carbocycles. The molecule has 1 aromatic heterocycles. The van der Waals surface area contributed by atoms with E-state index in [1.807, 2.05) is 30.1 Å². The van der Waals surface area contributed by atoms with E-state index in [0.29, 0.717) is 13.2 Å². The van der Waals surface area contributed by atoms with Crippen LogP contribution in [0.2, 0.25) is 0 Å². The summed E-state index contributed by atoms with van der Waals surface area (Å²) in [6.07, 6.45) is 1.74. The predicted octanol–water partition coefficient (Wildman–Crippen LogP) is 0.0284. The normalized spacial score (nSPS) is 20.6. The Labute approximate surface area is 101 Å². The Morgan fingerprint density at radius 2 is 2.47 bits per heavy atom. The number of hydrogen-bond donors (Lipinski definition) is 1. The van der Waals surface area contributed by atoms with Gasteiger partial charge in [0.1, 0.15) is 6.61 Å². The maximum Gasteiger partial charge on any atom is 0.249 e. The van der Waals surface area contributed by atoms with E-state index in [0.717, 1.165) is 12.2 Å².